The van der Waals surface area contributed by atoms with Crippen molar-refractivity contribution in [3.8, 4) is 0 Å². The smallest absolute Gasteiger partial charge is 0.208 e. The van der Waals surface area contributed by atoms with Crippen molar-refractivity contribution in [3.05, 3.63) is 29.9 Å². The molecule has 2 fully saturated rings. The number of ether oxygens (including phenoxy) is 1. The summed E-state index contributed by atoms with van der Waals surface area (Å²) in [6, 6.07) is 6.07. The van der Waals surface area contributed by atoms with E-state index < -0.39 is 0 Å². The van der Waals surface area contributed by atoms with E-state index in [9.17, 15) is 0 Å². The molecular formula is C15H19N5OS. The Balaban J connectivity index is 1.53. The molecule has 0 aliphatic carbocycles. The summed E-state index contributed by atoms with van der Waals surface area (Å²) in [5.74, 6) is 1.04. The molecule has 0 unspecified atom stereocenters. The fraction of sp³-hybridized carbons (Fsp3) is 0.533. The van der Waals surface area contributed by atoms with E-state index in [0.717, 1.165) is 56.6 Å². The molecule has 1 spiro atoms. The second kappa shape index (κ2) is 5.81. The van der Waals surface area contributed by atoms with Crippen molar-refractivity contribution in [3.63, 3.8) is 0 Å². The summed E-state index contributed by atoms with van der Waals surface area (Å²) in [5, 5.41) is 9.16. The maximum atomic E-state index is 6.23. The monoisotopic (exact) mass is 317 g/mol. The van der Waals surface area contributed by atoms with Crippen molar-refractivity contribution in [1.82, 2.24) is 15.2 Å². The average Bonchev–Trinajstić information content (AvgIpc) is 3.10. The number of pyridine rings is 1. The molecule has 0 aromatic carbocycles. The molecule has 4 heterocycles. The van der Waals surface area contributed by atoms with Crippen LogP contribution in [0.3, 0.4) is 0 Å². The summed E-state index contributed by atoms with van der Waals surface area (Å²) in [5.41, 5.74) is 1.66. The normalized spacial score (nSPS) is 25.6. The molecule has 2 aromatic rings. The molecule has 0 bridgehead atoms. The summed E-state index contributed by atoms with van der Waals surface area (Å²) in [6.45, 7) is 4.45. The summed E-state index contributed by atoms with van der Waals surface area (Å²) in [4.78, 5) is 9.13. The van der Waals surface area contributed by atoms with Gasteiger partial charge in [0.25, 0.3) is 0 Å². The van der Waals surface area contributed by atoms with Gasteiger partial charge in [-0.25, -0.2) is 4.98 Å². The van der Waals surface area contributed by atoms with Crippen LogP contribution in [0.15, 0.2) is 29.9 Å². The lowest BCUT2D eigenvalue weighted by Gasteiger charge is -2.48. The van der Waals surface area contributed by atoms with Gasteiger partial charge in [0, 0.05) is 19.3 Å². The van der Waals surface area contributed by atoms with Crippen molar-refractivity contribution in [2.75, 3.05) is 42.6 Å². The lowest BCUT2D eigenvalue weighted by atomic mass is 9.91. The molecule has 22 heavy (non-hydrogen) atoms. The Morgan fingerprint density at radius 3 is 2.95 bits per heavy atom. The van der Waals surface area contributed by atoms with Gasteiger partial charge in [0.1, 0.15) is 16.9 Å². The number of anilines is 2. The second-order valence-electron chi connectivity index (χ2n) is 5.89. The van der Waals surface area contributed by atoms with E-state index in [2.05, 4.69) is 31.0 Å². The number of morpholine rings is 1. The lowest BCUT2D eigenvalue weighted by Crippen LogP contribution is -2.60. The van der Waals surface area contributed by atoms with Crippen LogP contribution in [0, 0.1) is 0 Å². The third-order valence-electron chi connectivity index (χ3n) is 4.38. The van der Waals surface area contributed by atoms with Gasteiger partial charge in [-0.1, -0.05) is 17.4 Å². The zero-order chi connectivity index (χ0) is 14.8. The molecule has 0 saturated carbocycles. The Hall–Kier alpha value is -1.73. The lowest BCUT2D eigenvalue weighted by molar-refractivity contribution is -0.0630. The highest BCUT2D eigenvalue weighted by atomic mass is 32.1. The van der Waals surface area contributed by atoms with Crippen LogP contribution >= 0.6 is 11.3 Å². The molecule has 1 atom stereocenters. The van der Waals surface area contributed by atoms with E-state index in [4.69, 9.17) is 4.74 Å². The highest BCUT2D eigenvalue weighted by Gasteiger charge is 2.41. The Kier molecular flexibility index (Phi) is 3.67. The topological polar surface area (TPSA) is 54.4 Å². The molecule has 0 amide bonds. The first kappa shape index (κ1) is 13.9. The number of piperidine rings is 1. The Morgan fingerprint density at radius 2 is 2.14 bits per heavy atom. The SMILES string of the molecule is c1ccc(N2CCO[C@]3(CCCN(c4nncs4)C3)C2)nc1. The van der Waals surface area contributed by atoms with E-state index in [-0.39, 0.29) is 5.60 Å². The van der Waals surface area contributed by atoms with Gasteiger partial charge in [-0.3, -0.25) is 0 Å². The van der Waals surface area contributed by atoms with Crippen LogP contribution in [0.4, 0.5) is 10.9 Å². The second-order valence-corrected chi connectivity index (χ2v) is 6.70. The summed E-state index contributed by atoms with van der Waals surface area (Å²) >= 11 is 1.60. The maximum absolute atomic E-state index is 6.23. The number of aromatic nitrogens is 3. The van der Waals surface area contributed by atoms with E-state index in [0.29, 0.717) is 0 Å². The zero-order valence-corrected chi connectivity index (χ0v) is 13.2. The first-order valence-electron chi connectivity index (χ1n) is 7.66. The minimum absolute atomic E-state index is 0.125. The van der Waals surface area contributed by atoms with E-state index >= 15 is 0 Å². The molecule has 2 saturated heterocycles. The van der Waals surface area contributed by atoms with Gasteiger partial charge in [0.2, 0.25) is 5.13 Å². The van der Waals surface area contributed by atoms with Gasteiger partial charge in [-0.05, 0) is 25.0 Å². The van der Waals surface area contributed by atoms with Crippen LogP contribution < -0.4 is 9.80 Å². The molecular weight excluding hydrogens is 298 g/mol. The van der Waals surface area contributed by atoms with Crippen molar-refractivity contribution < 1.29 is 4.74 Å². The number of nitrogens with zero attached hydrogens (tertiary/aromatic N) is 5. The molecule has 7 heteroatoms. The van der Waals surface area contributed by atoms with Crippen LogP contribution in [-0.4, -0.2) is 53.6 Å². The molecule has 0 radical (unpaired) electrons. The quantitative estimate of drug-likeness (QED) is 0.842. The van der Waals surface area contributed by atoms with Gasteiger partial charge >= 0.3 is 0 Å². The van der Waals surface area contributed by atoms with Gasteiger partial charge in [-0.2, -0.15) is 0 Å². The summed E-state index contributed by atoms with van der Waals surface area (Å²) < 4.78 is 6.23. The molecule has 0 N–H and O–H groups in total. The molecule has 6 nitrogen and oxygen atoms in total. The fourth-order valence-electron chi connectivity index (χ4n) is 3.39. The van der Waals surface area contributed by atoms with Gasteiger partial charge < -0.3 is 14.5 Å². The first-order valence-corrected chi connectivity index (χ1v) is 8.54. The fourth-order valence-corrected chi connectivity index (χ4v) is 3.98. The number of rotatable bonds is 2. The molecule has 2 aliphatic heterocycles. The summed E-state index contributed by atoms with van der Waals surface area (Å²) in [6.07, 6.45) is 4.06. The van der Waals surface area contributed by atoms with Crippen molar-refractivity contribution >= 4 is 22.3 Å². The van der Waals surface area contributed by atoms with Crippen LogP contribution in [0.5, 0.6) is 0 Å². The average molecular weight is 317 g/mol. The van der Waals surface area contributed by atoms with Crippen molar-refractivity contribution in [2.24, 2.45) is 0 Å². The van der Waals surface area contributed by atoms with Crippen molar-refractivity contribution in [2.45, 2.75) is 18.4 Å². The van der Waals surface area contributed by atoms with Gasteiger partial charge in [-0.15, -0.1) is 10.2 Å². The largest absolute Gasteiger partial charge is 0.369 e. The van der Waals surface area contributed by atoms with Crippen LogP contribution in [-0.2, 0) is 4.74 Å². The van der Waals surface area contributed by atoms with E-state index in [1.54, 1.807) is 16.8 Å². The first-order chi connectivity index (χ1) is 10.8. The molecule has 116 valence electrons. The Labute approximate surface area is 133 Å². The minimum atomic E-state index is -0.125. The third kappa shape index (κ3) is 2.66. The van der Waals surface area contributed by atoms with Crippen LogP contribution in [0.2, 0.25) is 0 Å². The predicted octanol–water partition coefficient (Wildman–Crippen LogP) is 1.81. The molecule has 4 rings (SSSR count). The molecule has 2 aliphatic rings. The third-order valence-corrected chi connectivity index (χ3v) is 5.13. The number of hydrogen-bond acceptors (Lipinski definition) is 7. The Bertz CT molecular complexity index is 604. The van der Waals surface area contributed by atoms with Crippen molar-refractivity contribution in [1.29, 1.82) is 0 Å². The highest BCUT2D eigenvalue weighted by molar-refractivity contribution is 7.13. The standard InChI is InChI=1S/C15H19N5OS/c1-2-6-16-13(4-1)19-8-9-21-15(10-19)5-3-7-20(11-15)14-18-17-12-22-14/h1-2,4,6,12H,3,5,7-11H2/t15-/m1/s1. The predicted molar refractivity (Wildman–Crippen MR) is 86.5 cm³/mol. The Morgan fingerprint density at radius 1 is 1.18 bits per heavy atom. The van der Waals surface area contributed by atoms with E-state index in [1.807, 2.05) is 18.3 Å². The summed E-state index contributed by atoms with van der Waals surface area (Å²) in [7, 11) is 0. The van der Waals surface area contributed by atoms with E-state index in [1.165, 1.54) is 0 Å². The van der Waals surface area contributed by atoms with Gasteiger partial charge in [0.15, 0.2) is 0 Å². The van der Waals surface area contributed by atoms with Crippen LogP contribution in [0.1, 0.15) is 12.8 Å². The highest BCUT2D eigenvalue weighted by Crippen LogP contribution is 2.33. The van der Waals surface area contributed by atoms with Crippen LogP contribution in [0.25, 0.3) is 0 Å². The minimum Gasteiger partial charge on any atom is -0.369 e. The van der Waals surface area contributed by atoms with Gasteiger partial charge in [0.05, 0.1) is 19.7 Å². The number of hydrogen-bond donors (Lipinski definition) is 0. The maximum Gasteiger partial charge on any atom is 0.208 e. The molecule has 2 aromatic heterocycles. The zero-order valence-electron chi connectivity index (χ0n) is 12.4.